The Kier molecular flexibility index (Phi) is 1.87. The van der Waals surface area contributed by atoms with E-state index in [0.717, 1.165) is 0 Å². The molecular formula is C6H10O5. The van der Waals surface area contributed by atoms with Crippen molar-refractivity contribution in [3.8, 4) is 0 Å². The fourth-order valence-corrected chi connectivity index (χ4v) is 0.901. The second kappa shape index (κ2) is 2.86. The summed E-state index contributed by atoms with van der Waals surface area (Å²) in [6.45, 7) is 1.46. The zero-order valence-corrected chi connectivity index (χ0v) is 5.93. The molecule has 1 saturated heterocycles. The number of carbonyl (C=O) groups excluding carboxylic acids is 1. The first-order valence-corrected chi connectivity index (χ1v) is 3.25. The number of Topliss-reactive ketones (excluding diaryl/α,β-unsaturated/α-hetero) is 1. The fraction of sp³-hybridized carbons (Fsp3) is 0.833. The van der Waals surface area contributed by atoms with Crippen LogP contribution in [0.4, 0.5) is 0 Å². The molecule has 4 atom stereocenters. The number of hydrogen-bond donors (Lipinski definition) is 3. The van der Waals surface area contributed by atoms with Crippen molar-refractivity contribution in [1.82, 2.24) is 0 Å². The molecule has 0 aromatic carbocycles. The number of hydrogen-bond acceptors (Lipinski definition) is 5. The maximum Gasteiger partial charge on any atom is 0.213 e. The normalized spacial score (nSPS) is 47.2. The number of aliphatic hydroxyl groups is 3. The highest BCUT2D eigenvalue weighted by Crippen LogP contribution is 2.14. The Balaban J connectivity index is 2.70. The van der Waals surface area contributed by atoms with Crippen LogP contribution in [0.5, 0.6) is 0 Å². The van der Waals surface area contributed by atoms with Gasteiger partial charge in [-0.2, -0.15) is 0 Å². The minimum absolute atomic E-state index is 0.753. The van der Waals surface area contributed by atoms with Gasteiger partial charge in [0.25, 0.3) is 0 Å². The Bertz CT molecular complexity index is 185. The van der Waals surface area contributed by atoms with E-state index in [1.165, 1.54) is 6.92 Å². The molecule has 0 aromatic rings. The standard InChI is InChI=1S/C6H10O5/c1-2-3(7)4(8)5(9)6(10)11-2/h2-3,5-7,9-10H,1H3/t2?,3-,5?,6+/m0/s1/i10T. The van der Waals surface area contributed by atoms with Crippen LogP contribution in [0.3, 0.4) is 0 Å². The largest absolute Gasteiger partial charge is 0.382 e. The molecule has 0 aromatic heterocycles. The number of ketones is 1. The van der Waals surface area contributed by atoms with Gasteiger partial charge in [-0.15, -0.1) is 0 Å². The van der Waals surface area contributed by atoms with Gasteiger partial charge in [0, 0.05) is 0 Å². The van der Waals surface area contributed by atoms with E-state index >= 15 is 0 Å². The van der Waals surface area contributed by atoms with Gasteiger partial charge in [0.15, 0.2) is 18.2 Å². The van der Waals surface area contributed by atoms with Crippen LogP contribution in [0.15, 0.2) is 0 Å². The lowest BCUT2D eigenvalue weighted by atomic mass is 10.0. The molecule has 5 heteroatoms. The Labute approximate surface area is 64.7 Å². The van der Waals surface area contributed by atoms with Gasteiger partial charge >= 0.3 is 0 Å². The van der Waals surface area contributed by atoms with E-state index in [9.17, 15) is 4.79 Å². The van der Waals surface area contributed by atoms with Gasteiger partial charge in [-0.05, 0) is 6.92 Å². The third-order valence-electron chi connectivity index (χ3n) is 1.63. The smallest absolute Gasteiger partial charge is 0.213 e. The van der Waals surface area contributed by atoms with Crippen LogP contribution < -0.4 is 0 Å². The highest BCUT2D eigenvalue weighted by molar-refractivity contribution is 5.88. The minimum atomic E-state index is -1.58. The van der Waals surface area contributed by atoms with Crippen LogP contribution in [-0.2, 0) is 9.53 Å². The fourth-order valence-electron chi connectivity index (χ4n) is 0.901. The third-order valence-corrected chi connectivity index (χ3v) is 1.63. The third kappa shape index (κ3) is 1.41. The Morgan fingerprint density at radius 1 is 1.55 bits per heavy atom. The van der Waals surface area contributed by atoms with Crippen molar-refractivity contribution in [2.45, 2.75) is 31.5 Å². The van der Waals surface area contributed by atoms with Crippen LogP contribution in [0.2, 0.25) is 0 Å². The first-order valence-electron chi connectivity index (χ1n) is 3.66. The van der Waals surface area contributed by atoms with Crippen LogP contribution >= 0.6 is 0 Å². The van der Waals surface area contributed by atoms with Gasteiger partial charge in [-0.3, -0.25) is 4.79 Å². The van der Waals surface area contributed by atoms with E-state index in [1.54, 1.807) is 0 Å². The van der Waals surface area contributed by atoms with E-state index in [1.807, 2.05) is 0 Å². The van der Waals surface area contributed by atoms with Crippen molar-refractivity contribution in [1.29, 1.82) is 1.43 Å². The average molecular weight is 164 g/mol. The lowest BCUT2D eigenvalue weighted by Crippen LogP contribution is -2.53. The summed E-state index contributed by atoms with van der Waals surface area (Å²) in [7, 11) is 0. The van der Waals surface area contributed by atoms with Crippen LogP contribution in [0, 0.1) is 0 Å². The lowest BCUT2D eigenvalue weighted by molar-refractivity contribution is -0.229. The molecule has 2 unspecified atom stereocenters. The van der Waals surface area contributed by atoms with Crippen LogP contribution in [-0.4, -0.2) is 47.1 Å². The summed E-state index contributed by atoms with van der Waals surface area (Å²) in [6, 6.07) is 0. The molecule has 0 spiro atoms. The first-order chi connectivity index (χ1) is 5.57. The predicted octanol–water partition coefficient (Wildman–Crippen LogP) is -1.99. The molecule has 0 aliphatic carbocycles. The summed E-state index contributed by atoms with van der Waals surface area (Å²) in [5.74, 6) is -0.772. The second-order valence-corrected chi connectivity index (χ2v) is 2.50. The highest BCUT2D eigenvalue weighted by Gasteiger charge is 2.40. The van der Waals surface area contributed by atoms with Gasteiger partial charge in [0.2, 0.25) is 1.43 Å². The monoisotopic (exact) mass is 164 g/mol. The molecular weight excluding hydrogens is 152 g/mol. The maximum absolute atomic E-state index is 11.0. The zero-order valence-electron chi connectivity index (χ0n) is 6.93. The molecule has 64 valence electrons. The van der Waals surface area contributed by atoms with Gasteiger partial charge in [-0.25, -0.2) is 0 Å². The molecule has 1 rings (SSSR count). The SMILES string of the molecule is [3H]O[C@@H]1OC(C)[C@H](O)C(=O)C1O. The van der Waals surface area contributed by atoms with E-state index < -0.39 is 30.4 Å². The number of carbonyl (C=O) groups is 1. The van der Waals surface area contributed by atoms with Gasteiger partial charge in [0.05, 0.1) is 6.10 Å². The van der Waals surface area contributed by atoms with Crippen molar-refractivity contribution in [2.75, 3.05) is 0 Å². The second-order valence-electron chi connectivity index (χ2n) is 2.50. The molecule has 0 radical (unpaired) electrons. The maximum atomic E-state index is 11.0. The quantitative estimate of drug-likeness (QED) is 0.418. The van der Waals surface area contributed by atoms with E-state index in [-0.39, 0.29) is 0 Å². The van der Waals surface area contributed by atoms with E-state index in [4.69, 9.17) is 16.4 Å². The summed E-state index contributed by atoms with van der Waals surface area (Å²) >= 11 is 0. The Hall–Kier alpha value is -0.490. The van der Waals surface area contributed by atoms with Gasteiger partial charge in [-0.1, -0.05) is 0 Å². The molecule has 0 bridgehead atoms. The average Bonchev–Trinajstić information content (AvgIpc) is 2.08. The van der Waals surface area contributed by atoms with Crippen molar-refractivity contribution < 1.29 is 24.9 Å². The molecule has 1 fully saturated rings. The summed E-state index contributed by atoms with van der Waals surface area (Å²) in [5, 5.41) is 22.1. The molecule has 0 saturated carbocycles. The van der Waals surface area contributed by atoms with Gasteiger partial charge < -0.3 is 20.1 Å². The lowest BCUT2D eigenvalue weighted by Gasteiger charge is -2.31. The summed E-state index contributed by atoms with van der Waals surface area (Å²) in [5.41, 5.74) is 0. The molecule has 1 heterocycles. The van der Waals surface area contributed by atoms with Crippen LogP contribution in [0.25, 0.3) is 0 Å². The zero-order chi connectivity index (χ0) is 9.30. The summed E-state index contributed by atoms with van der Waals surface area (Å²) in [4.78, 5) is 11.0. The predicted molar refractivity (Wildman–Crippen MR) is 33.6 cm³/mol. The number of ether oxygens (including phenoxy) is 1. The highest BCUT2D eigenvalue weighted by atomic mass is 16.6. The van der Waals surface area contributed by atoms with Crippen molar-refractivity contribution in [2.24, 2.45) is 0 Å². The van der Waals surface area contributed by atoms with Crippen LogP contribution in [0.1, 0.15) is 6.92 Å². The topological polar surface area (TPSA) is 87.0 Å². The van der Waals surface area contributed by atoms with Crippen molar-refractivity contribution >= 4 is 5.78 Å². The van der Waals surface area contributed by atoms with Crippen molar-refractivity contribution in [3.05, 3.63) is 0 Å². The summed E-state index contributed by atoms with van der Waals surface area (Å²) < 4.78 is 11.3. The molecule has 3 N–H and O–H groups in total. The van der Waals surface area contributed by atoms with Gasteiger partial charge in [0.1, 0.15) is 6.10 Å². The Morgan fingerprint density at radius 2 is 2.18 bits per heavy atom. The molecule has 1 aliphatic heterocycles. The molecule has 11 heavy (non-hydrogen) atoms. The Morgan fingerprint density at radius 3 is 2.73 bits per heavy atom. The number of aliphatic hydroxyl groups excluding tert-OH is 3. The molecule has 5 nitrogen and oxygen atoms in total. The summed E-state index contributed by atoms with van der Waals surface area (Å²) in [6.07, 6.45) is -4.97. The number of rotatable bonds is 1. The van der Waals surface area contributed by atoms with E-state index in [2.05, 4.69) is 5.11 Å². The molecule has 1 aliphatic rings. The van der Waals surface area contributed by atoms with E-state index in [0.29, 0.717) is 0 Å². The first kappa shape index (κ1) is 7.17. The molecule has 0 amide bonds. The van der Waals surface area contributed by atoms with Crippen molar-refractivity contribution in [3.63, 3.8) is 0 Å². The minimum Gasteiger partial charge on any atom is -0.382 e.